The van der Waals surface area contributed by atoms with Gasteiger partial charge in [-0.1, -0.05) is 51.8 Å². The Hall–Kier alpha value is -1.78. The van der Waals surface area contributed by atoms with Crippen molar-refractivity contribution in [3.05, 3.63) is 41.3 Å². The van der Waals surface area contributed by atoms with Crippen LogP contribution in [0.5, 0.6) is 0 Å². The van der Waals surface area contributed by atoms with E-state index in [1.807, 2.05) is 0 Å². The fraction of sp³-hybridized carbons (Fsp3) is 0.611. The van der Waals surface area contributed by atoms with Crippen molar-refractivity contribution >= 4 is 0 Å². The molecule has 0 heterocycles. The third kappa shape index (κ3) is 2.03. The van der Waals surface area contributed by atoms with Gasteiger partial charge in [0.25, 0.3) is 0 Å². The summed E-state index contributed by atoms with van der Waals surface area (Å²) in [6, 6.07) is 7.29. The Bertz CT molecular complexity index is 449. The van der Waals surface area contributed by atoms with E-state index in [1.165, 1.54) is 37.7 Å². The first kappa shape index (κ1) is 13.6. The third-order valence-corrected chi connectivity index (χ3v) is 5.31. The minimum atomic E-state index is 0. The summed E-state index contributed by atoms with van der Waals surface area (Å²) >= 11 is 0. The predicted octanol–water partition coefficient (Wildman–Crippen LogP) is 5.02. The van der Waals surface area contributed by atoms with E-state index in [4.69, 9.17) is 0 Å². The number of aryl methyl sites for hydroxylation is 1. The van der Waals surface area contributed by atoms with Crippen LogP contribution in [-0.2, 0) is 11.8 Å². The Morgan fingerprint density at radius 1 is 1.32 bits per heavy atom. The van der Waals surface area contributed by atoms with Gasteiger partial charge in [-0.15, -0.1) is 0 Å². The second-order valence-electron chi connectivity index (χ2n) is 6.76. The van der Waals surface area contributed by atoms with Gasteiger partial charge in [-0.3, -0.25) is 0 Å². The molecule has 0 aromatic heterocycles. The van der Waals surface area contributed by atoms with Gasteiger partial charge in [0.1, 0.15) is 0 Å². The first-order chi connectivity index (χ1) is 8.61. The Labute approximate surface area is 112 Å². The van der Waals surface area contributed by atoms with Crippen LogP contribution in [0.15, 0.2) is 18.2 Å². The fourth-order valence-electron chi connectivity index (χ4n) is 4.05. The zero-order chi connectivity index (χ0) is 12.8. The average Bonchev–Trinajstić information content (AvgIpc) is 2.37. The number of rotatable bonds is 1. The molecule has 0 saturated heterocycles. The van der Waals surface area contributed by atoms with Gasteiger partial charge in [0.05, 0.1) is 0 Å². The zero-order valence-corrected chi connectivity index (χ0v) is 14.6. The van der Waals surface area contributed by atoms with Gasteiger partial charge in [-0.2, -0.15) is 12.3 Å². The van der Waals surface area contributed by atoms with Crippen molar-refractivity contribution < 1.29 is 0 Å². The fourth-order valence-corrected chi connectivity index (χ4v) is 4.05. The molecule has 3 rings (SSSR count). The molecule has 1 aromatic carbocycles. The van der Waals surface area contributed by atoms with E-state index < -0.39 is 0 Å². The molecule has 2 atom stereocenters. The number of benzene rings is 1. The molecule has 0 bridgehead atoms. The van der Waals surface area contributed by atoms with E-state index in [1.54, 1.807) is 11.1 Å². The molecule has 111 valence electrons. The zero-order valence-electron chi connectivity index (χ0n) is 12.3. The van der Waals surface area contributed by atoms with Crippen LogP contribution < -0.4 is 0 Å². The van der Waals surface area contributed by atoms with Gasteiger partial charge in [0.2, 0.25) is 0 Å². The van der Waals surface area contributed by atoms with E-state index in [-0.39, 0.29) is 0 Å². The second-order valence-corrected chi connectivity index (χ2v) is 6.76. The van der Waals surface area contributed by atoms with Gasteiger partial charge in [-0.25, -0.2) is 0 Å². The molecule has 1 heteroatoms. The summed E-state index contributed by atoms with van der Waals surface area (Å²) in [6.45, 7) is 7.09. The standard InChI is InChI=1S/C18H25.Md/c1-13(2)14-8-10-17-15(12-14)7-9-16-6-4-5-11-18(16,17)3;/h6,8,10,12-13,16H,4-5,7,9,11H2,1-3H3;/q-1;. The molecule has 0 nitrogen and oxygen atoms in total. The first-order valence-electron chi connectivity index (χ1n) is 7.58. The summed E-state index contributed by atoms with van der Waals surface area (Å²) < 4.78 is 0. The smallest absolute Gasteiger partial charge is 0 e. The molecule has 1 radical (unpaired) electrons. The quantitative estimate of drug-likeness (QED) is 0.477. The van der Waals surface area contributed by atoms with E-state index in [0.29, 0.717) is 11.3 Å². The first-order valence-corrected chi connectivity index (χ1v) is 7.58. The van der Waals surface area contributed by atoms with Crippen LogP contribution in [0.1, 0.15) is 69.1 Å². The van der Waals surface area contributed by atoms with Crippen molar-refractivity contribution in [2.45, 2.75) is 64.2 Å². The van der Waals surface area contributed by atoms with Crippen LogP contribution >= 0.6 is 0 Å². The minimum absolute atomic E-state index is 0. The maximum absolute atomic E-state index is 2.60. The van der Waals surface area contributed by atoms with Crippen molar-refractivity contribution in [2.24, 2.45) is 5.92 Å². The van der Waals surface area contributed by atoms with E-state index in [9.17, 15) is 0 Å². The molecule has 2 aliphatic carbocycles. The van der Waals surface area contributed by atoms with Crippen LogP contribution in [-0.4, -0.2) is 0 Å². The molecule has 0 spiro atoms. The largest absolute Gasteiger partial charge is 0.325 e. The van der Waals surface area contributed by atoms with Gasteiger partial charge in [-0.05, 0) is 40.9 Å². The molecule has 2 unspecified atom stereocenters. The normalized spacial score (nSPS) is 29.4. The molecule has 1 fully saturated rings. The Morgan fingerprint density at radius 3 is 2.84 bits per heavy atom. The number of hydrogen-bond acceptors (Lipinski definition) is 0. The van der Waals surface area contributed by atoms with Crippen LogP contribution in [0.25, 0.3) is 0 Å². The Balaban J connectivity index is 0.00000133. The summed E-state index contributed by atoms with van der Waals surface area (Å²) in [5.74, 6) is 1.47. The Kier molecular flexibility index (Phi) is 3.39. The summed E-state index contributed by atoms with van der Waals surface area (Å²) in [5, 5.41) is 0. The molecule has 19 heavy (non-hydrogen) atoms. The minimum Gasteiger partial charge on any atom is -0.325 e. The van der Waals surface area contributed by atoms with Gasteiger partial charge >= 0.3 is 0 Å². The monoisotopic (exact) mass is 499 g/mol. The van der Waals surface area contributed by atoms with Gasteiger partial charge in [0, 0.05) is 0 Å². The molecular formula is C18H25Md-. The summed E-state index contributed by atoms with van der Waals surface area (Å²) in [6.07, 6.45) is 9.33. The van der Waals surface area contributed by atoms with Crippen molar-refractivity contribution in [1.29, 1.82) is 0 Å². The molecule has 0 N–H and O–H groups in total. The molecule has 0 amide bonds. The molecule has 2 aliphatic rings. The summed E-state index contributed by atoms with van der Waals surface area (Å²) in [5.41, 5.74) is 5.23. The van der Waals surface area contributed by atoms with Crippen molar-refractivity contribution in [3.8, 4) is 0 Å². The van der Waals surface area contributed by atoms with Gasteiger partial charge in [0.15, 0.2) is 0 Å². The van der Waals surface area contributed by atoms with E-state index in [2.05, 4.69) is 45.4 Å². The molecule has 1 saturated carbocycles. The van der Waals surface area contributed by atoms with E-state index in [0.717, 1.165) is 5.92 Å². The molecular weight excluding hydrogens is 474 g/mol. The maximum atomic E-state index is 2.60. The van der Waals surface area contributed by atoms with Crippen LogP contribution in [0.2, 0.25) is 0 Å². The van der Waals surface area contributed by atoms with Gasteiger partial charge < -0.3 is 6.42 Å². The topological polar surface area (TPSA) is 0 Å². The van der Waals surface area contributed by atoms with Crippen molar-refractivity contribution in [2.75, 3.05) is 0 Å². The summed E-state index contributed by atoms with van der Waals surface area (Å²) in [7, 11) is 0. The van der Waals surface area contributed by atoms with E-state index >= 15 is 0 Å². The van der Waals surface area contributed by atoms with Crippen molar-refractivity contribution in [1.82, 2.24) is 0 Å². The second kappa shape index (κ2) is 4.72. The van der Waals surface area contributed by atoms with Crippen LogP contribution in [0.3, 0.4) is 0 Å². The van der Waals surface area contributed by atoms with Crippen LogP contribution in [0, 0.1) is 12.3 Å². The average molecular weight is 499 g/mol. The number of hydrogen-bond donors (Lipinski definition) is 0. The van der Waals surface area contributed by atoms with Crippen LogP contribution in [0.4, 0.5) is 0 Å². The Morgan fingerprint density at radius 2 is 2.11 bits per heavy atom. The molecule has 1 aromatic rings. The maximum Gasteiger partial charge on any atom is 0 e. The number of fused-ring (bicyclic) bond motifs is 3. The van der Waals surface area contributed by atoms with Crippen molar-refractivity contribution in [3.63, 3.8) is 0 Å². The summed E-state index contributed by atoms with van der Waals surface area (Å²) in [4.78, 5) is 0. The molecule has 0 aliphatic heterocycles. The SMILES string of the molecule is CC(C)c1ccc2c(c1)CCC1[CH-]CCCC21C.[Md]. The predicted molar refractivity (Wildman–Crippen MR) is 77.8 cm³/mol. The third-order valence-electron chi connectivity index (χ3n) is 5.31.